The van der Waals surface area contributed by atoms with Gasteiger partial charge in [-0.1, -0.05) is 19.1 Å². The van der Waals surface area contributed by atoms with E-state index in [9.17, 15) is 4.79 Å². The molecule has 0 aliphatic carbocycles. The highest BCUT2D eigenvalue weighted by atomic mass is 16.5. The lowest BCUT2D eigenvalue weighted by Gasteiger charge is -2.12. The number of aryl methyl sites for hydroxylation is 1. The van der Waals surface area contributed by atoms with Gasteiger partial charge in [-0.05, 0) is 30.5 Å². The predicted molar refractivity (Wildman–Crippen MR) is 67.2 cm³/mol. The van der Waals surface area contributed by atoms with Crippen molar-refractivity contribution >= 4 is 11.7 Å². The molecular weight excluding hydrogens is 216 g/mol. The maximum absolute atomic E-state index is 11.6. The van der Waals surface area contributed by atoms with Crippen molar-refractivity contribution in [1.29, 1.82) is 0 Å². The average Bonchev–Trinajstić information content (AvgIpc) is 2.82. The first-order valence-corrected chi connectivity index (χ1v) is 6.02. The molecule has 0 saturated carbocycles. The molecule has 17 heavy (non-hydrogen) atoms. The summed E-state index contributed by atoms with van der Waals surface area (Å²) in [7, 11) is 0. The monoisotopic (exact) mass is 234 g/mol. The molecule has 0 bridgehead atoms. The summed E-state index contributed by atoms with van der Waals surface area (Å²) in [4.78, 5) is 11.6. The Labute approximate surface area is 101 Å². The first-order valence-electron chi connectivity index (χ1n) is 6.02. The van der Waals surface area contributed by atoms with E-state index in [0.29, 0.717) is 6.61 Å². The van der Waals surface area contributed by atoms with Crippen molar-refractivity contribution in [2.45, 2.75) is 25.8 Å². The van der Waals surface area contributed by atoms with Gasteiger partial charge in [0.25, 0.3) is 0 Å². The second kappa shape index (κ2) is 5.68. The van der Waals surface area contributed by atoms with Gasteiger partial charge < -0.3 is 15.4 Å². The van der Waals surface area contributed by atoms with E-state index in [1.54, 1.807) is 0 Å². The zero-order chi connectivity index (χ0) is 12.1. The van der Waals surface area contributed by atoms with Crippen molar-refractivity contribution < 1.29 is 9.53 Å². The highest BCUT2D eigenvalue weighted by molar-refractivity contribution is 5.89. The number of urea groups is 1. The lowest BCUT2D eigenvalue weighted by molar-refractivity contribution is 0.189. The molecule has 1 aromatic carbocycles. The number of nitrogens with one attached hydrogen (secondary N) is 2. The maximum Gasteiger partial charge on any atom is 0.319 e. The summed E-state index contributed by atoms with van der Waals surface area (Å²) >= 11 is 0. The minimum Gasteiger partial charge on any atom is -0.379 e. The summed E-state index contributed by atoms with van der Waals surface area (Å²) in [6.45, 7) is 3.45. The van der Waals surface area contributed by atoms with Crippen molar-refractivity contribution in [2.75, 3.05) is 18.5 Å². The van der Waals surface area contributed by atoms with Crippen LogP contribution in [0.1, 0.15) is 18.9 Å². The molecule has 0 spiro atoms. The van der Waals surface area contributed by atoms with Crippen LogP contribution in [0.5, 0.6) is 0 Å². The molecule has 1 heterocycles. The van der Waals surface area contributed by atoms with Crippen LogP contribution < -0.4 is 10.6 Å². The summed E-state index contributed by atoms with van der Waals surface area (Å²) in [5.74, 6) is 0. The number of carbonyl (C=O) groups is 1. The first kappa shape index (κ1) is 11.9. The molecule has 4 heteroatoms. The van der Waals surface area contributed by atoms with Crippen LogP contribution in [0.4, 0.5) is 10.5 Å². The third-order valence-electron chi connectivity index (χ3n) is 2.88. The summed E-state index contributed by atoms with van der Waals surface area (Å²) in [5, 5.41) is 5.70. The normalized spacial score (nSPS) is 19.0. The van der Waals surface area contributed by atoms with Crippen molar-refractivity contribution in [3.05, 3.63) is 29.8 Å². The number of benzene rings is 1. The van der Waals surface area contributed by atoms with Gasteiger partial charge in [-0.15, -0.1) is 0 Å². The molecule has 1 aromatic rings. The SMILES string of the molecule is CCc1ccc(NC(=O)NC2CCOC2)cc1. The molecule has 4 nitrogen and oxygen atoms in total. The fourth-order valence-corrected chi connectivity index (χ4v) is 1.82. The van der Waals surface area contributed by atoms with Gasteiger partial charge in [-0.3, -0.25) is 0 Å². The van der Waals surface area contributed by atoms with Crippen LogP contribution >= 0.6 is 0 Å². The number of ether oxygens (including phenoxy) is 1. The second-order valence-corrected chi connectivity index (χ2v) is 4.21. The zero-order valence-corrected chi connectivity index (χ0v) is 10.0. The largest absolute Gasteiger partial charge is 0.379 e. The number of hydrogen-bond donors (Lipinski definition) is 2. The molecule has 2 N–H and O–H groups in total. The van der Waals surface area contributed by atoms with E-state index in [1.807, 2.05) is 24.3 Å². The molecule has 1 saturated heterocycles. The summed E-state index contributed by atoms with van der Waals surface area (Å²) in [6.07, 6.45) is 1.90. The van der Waals surface area contributed by atoms with E-state index in [2.05, 4.69) is 17.6 Å². The Hall–Kier alpha value is -1.55. The minimum absolute atomic E-state index is 0.143. The van der Waals surface area contributed by atoms with Gasteiger partial charge >= 0.3 is 6.03 Å². The smallest absolute Gasteiger partial charge is 0.319 e. The summed E-state index contributed by atoms with van der Waals surface area (Å²) < 4.78 is 5.20. The quantitative estimate of drug-likeness (QED) is 0.842. The van der Waals surface area contributed by atoms with Crippen LogP contribution in [0.2, 0.25) is 0 Å². The maximum atomic E-state index is 11.6. The van der Waals surface area contributed by atoms with E-state index in [1.165, 1.54) is 5.56 Å². The van der Waals surface area contributed by atoms with Crippen LogP contribution in [0, 0.1) is 0 Å². The van der Waals surface area contributed by atoms with Crippen LogP contribution in [0.25, 0.3) is 0 Å². The molecule has 0 radical (unpaired) electrons. The van der Waals surface area contributed by atoms with E-state index >= 15 is 0 Å². The molecule has 2 amide bonds. The van der Waals surface area contributed by atoms with Crippen LogP contribution in [-0.4, -0.2) is 25.3 Å². The van der Waals surface area contributed by atoms with Gasteiger partial charge in [0.2, 0.25) is 0 Å². The van der Waals surface area contributed by atoms with E-state index < -0.39 is 0 Å². The lowest BCUT2D eigenvalue weighted by Crippen LogP contribution is -2.38. The van der Waals surface area contributed by atoms with Gasteiger partial charge in [0, 0.05) is 12.3 Å². The summed E-state index contributed by atoms with van der Waals surface area (Å²) in [5.41, 5.74) is 2.08. The van der Waals surface area contributed by atoms with Gasteiger partial charge in [-0.25, -0.2) is 4.79 Å². The van der Waals surface area contributed by atoms with Crippen molar-refractivity contribution in [3.63, 3.8) is 0 Å². The Morgan fingerprint density at radius 3 is 2.76 bits per heavy atom. The van der Waals surface area contributed by atoms with Crippen molar-refractivity contribution in [3.8, 4) is 0 Å². The molecule has 1 aliphatic heterocycles. The topological polar surface area (TPSA) is 50.4 Å². The van der Waals surface area contributed by atoms with Gasteiger partial charge in [0.1, 0.15) is 0 Å². The number of carbonyl (C=O) groups excluding carboxylic acids is 1. The number of rotatable bonds is 3. The Morgan fingerprint density at radius 2 is 2.18 bits per heavy atom. The van der Waals surface area contributed by atoms with E-state index in [0.717, 1.165) is 25.1 Å². The number of amides is 2. The second-order valence-electron chi connectivity index (χ2n) is 4.21. The third kappa shape index (κ3) is 3.46. The Balaban J connectivity index is 1.84. The Kier molecular flexibility index (Phi) is 3.98. The molecular formula is C13H18N2O2. The fourth-order valence-electron chi connectivity index (χ4n) is 1.82. The highest BCUT2D eigenvalue weighted by Gasteiger charge is 2.17. The van der Waals surface area contributed by atoms with Crippen molar-refractivity contribution in [1.82, 2.24) is 5.32 Å². The molecule has 1 unspecified atom stereocenters. The minimum atomic E-state index is -0.162. The molecule has 1 fully saturated rings. The average molecular weight is 234 g/mol. The standard InChI is InChI=1S/C13H18N2O2/c1-2-10-3-5-11(6-4-10)14-13(16)15-12-7-8-17-9-12/h3-6,12H,2,7-9H2,1H3,(H2,14,15,16). The number of anilines is 1. The zero-order valence-electron chi connectivity index (χ0n) is 10.0. The molecule has 92 valence electrons. The van der Waals surface area contributed by atoms with Crippen LogP contribution in [-0.2, 0) is 11.2 Å². The lowest BCUT2D eigenvalue weighted by atomic mass is 10.1. The highest BCUT2D eigenvalue weighted by Crippen LogP contribution is 2.10. The molecule has 2 rings (SSSR count). The van der Waals surface area contributed by atoms with Gasteiger partial charge in [0.15, 0.2) is 0 Å². The van der Waals surface area contributed by atoms with Crippen LogP contribution in [0.3, 0.4) is 0 Å². The predicted octanol–water partition coefficient (Wildman–Crippen LogP) is 2.16. The van der Waals surface area contributed by atoms with E-state index in [-0.39, 0.29) is 12.1 Å². The molecule has 1 atom stereocenters. The fraction of sp³-hybridized carbons (Fsp3) is 0.462. The first-order chi connectivity index (χ1) is 8.28. The summed E-state index contributed by atoms with van der Waals surface area (Å²) in [6, 6.07) is 7.87. The third-order valence-corrected chi connectivity index (χ3v) is 2.88. The molecule has 1 aliphatic rings. The van der Waals surface area contributed by atoms with Crippen molar-refractivity contribution in [2.24, 2.45) is 0 Å². The van der Waals surface area contributed by atoms with E-state index in [4.69, 9.17) is 4.74 Å². The van der Waals surface area contributed by atoms with Gasteiger partial charge in [0.05, 0.1) is 12.6 Å². The number of hydrogen-bond acceptors (Lipinski definition) is 2. The Bertz CT molecular complexity index is 370. The Morgan fingerprint density at radius 1 is 1.41 bits per heavy atom. The van der Waals surface area contributed by atoms with Crippen LogP contribution in [0.15, 0.2) is 24.3 Å². The van der Waals surface area contributed by atoms with Gasteiger partial charge in [-0.2, -0.15) is 0 Å². The molecule has 0 aromatic heterocycles.